The van der Waals surface area contributed by atoms with E-state index in [-0.39, 0.29) is 12.4 Å². The second kappa shape index (κ2) is 7.76. The molecule has 0 heterocycles. The molecule has 0 bridgehead atoms. The highest BCUT2D eigenvalue weighted by Crippen LogP contribution is 2.35. The second-order valence-electron chi connectivity index (χ2n) is 3.17. The van der Waals surface area contributed by atoms with Crippen LogP contribution in [-0.4, -0.2) is 33.7 Å². The molecule has 0 aliphatic heterocycles. The summed E-state index contributed by atoms with van der Waals surface area (Å²) < 4.78 is 48.3. The van der Waals surface area contributed by atoms with E-state index in [1.807, 2.05) is 6.92 Å². The highest BCUT2D eigenvalue weighted by atomic mass is 32.2. The molecule has 2 atom stereocenters. The number of hydrogen-bond donors (Lipinski definition) is 0. The average Bonchev–Trinajstić information content (AvgIpc) is 2.21. The molecular formula is C9H18O6PS+. The Morgan fingerprint density at radius 3 is 2.41 bits per heavy atom. The van der Waals surface area contributed by atoms with Crippen molar-refractivity contribution in [1.29, 1.82) is 0 Å². The van der Waals surface area contributed by atoms with Crippen molar-refractivity contribution in [2.75, 3.05) is 19.5 Å². The zero-order valence-electron chi connectivity index (χ0n) is 10.2. The van der Waals surface area contributed by atoms with E-state index in [4.69, 9.17) is 9.26 Å². The molecule has 8 heteroatoms. The van der Waals surface area contributed by atoms with Crippen LogP contribution in [0.4, 0.5) is 0 Å². The largest absolute Gasteiger partial charge is 0.550 e. The van der Waals surface area contributed by atoms with Crippen LogP contribution in [0.3, 0.4) is 0 Å². The Bertz CT molecular complexity index is 364. The smallest absolute Gasteiger partial charge is 0.491 e. The lowest BCUT2D eigenvalue weighted by molar-refractivity contribution is 0.149. The molecule has 6 nitrogen and oxygen atoms in total. The monoisotopic (exact) mass is 285 g/mol. The molecule has 0 aromatic heterocycles. The van der Waals surface area contributed by atoms with Crippen molar-refractivity contribution in [2.45, 2.75) is 26.1 Å². The Morgan fingerprint density at radius 2 is 2.00 bits per heavy atom. The fourth-order valence-corrected chi connectivity index (χ4v) is 2.76. The maximum atomic E-state index is 11.6. The van der Waals surface area contributed by atoms with Gasteiger partial charge in [-0.15, -0.1) is 4.52 Å². The molecule has 0 aromatic rings. The first kappa shape index (κ1) is 16.5. The Hall–Kier alpha value is -0.490. The minimum atomic E-state index is -3.76. The van der Waals surface area contributed by atoms with Gasteiger partial charge in [0.05, 0.1) is 19.5 Å². The fraction of sp³-hybridized carbons (Fsp3) is 0.778. The Balaban J connectivity index is 4.72. The molecule has 100 valence electrons. The van der Waals surface area contributed by atoms with Gasteiger partial charge in [-0.05, 0) is 17.9 Å². The summed E-state index contributed by atoms with van der Waals surface area (Å²) in [6.45, 7) is 7.55. The third-order valence-electron chi connectivity index (χ3n) is 1.48. The van der Waals surface area contributed by atoms with Crippen LogP contribution in [0.25, 0.3) is 0 Å². The van der Waals surface area contributed by atoms with Crippen LogP contribution >= 0.6 is 8.03 Å². The van der Waals surface area contributed by atoms with Crippen molar-refractivity contribution in [1.82, 2.24) is 0 Å². The third kappa shape index (κ3) is 7.44. The van der Waals surface area contributed by atoms with Crippen LogP contribution in [0.2, 0.25) is 0 Å². The summed E-state index contributed by atoms with van der Waals surface area (Å²) in [6, 6.07) is 0. The molecule has 0 aliphatic rings. The number of ether oxygens (including phenoxy) is 1. The van der Waals surface area contributed by atoms with Gasteiger partial charge in [-0.2, -0.15) is 8.42 Å². The molecule has 0 saturated carbocycles. The predicted molar refractivity (Wildman–Crippen MR) is 64.3 cm³/mol. The van der Waals surface area contributed by atoms with E-state index in [9.17, 15) is 13.0 Å². The molecule has 0 aromatic carbocycles. The van der Waals surface area contributed by atoms with Gasteiger partial charge in [0.25, 0.3) is 10.1 Å². The summed E-state index contributed by atoms with van der Waals surface area (Å²) in [4.78, 5) is 0. The molecule has 2 unspecified atom stereocenters. The molecule has 0 saturated heterocycles. The van der Waals surface area contributed by atoms with Gasteiger partial charge in [0.1, 0.15) is 0 Å². The zero-order valence-corrected chi connectivity index (χ0v) is 11.9. The van der Waals surface area contributed by atoms with Crippen LogP contribution in [-0.2, 0) is 28.1 Å². The molecule has 17 heavy (non-hydrogen) atoms. The van der Waals surface area contributed by atoms with Crippen LogP contribution in [0.5, 0.6) is 0 Å². The summed E-state index contributed by atoms with van der Waals surface area (Å²) in [5.41, 5.74) is 0. The standard InChI is InChI=1S/C9H18O6PS/c1-5-7-13-8(3)9(15-17(4,11)12)16(10)14-6-2/h9H,3,5-7H2,1-2,4H3/q+1. The molecule has 0 N–H and O–H groups in total. The molecule has 0 amide bonds. The average molecular weight is 285 g/mol. The maximum Gasteiger partial charge on any atom is 0.550 e. The lowest BCUT2D eigenvalue weighted by atomic mass is 10.5. The van der Waals surface area contributed by atoms with Crippen molar-refractivity contribution in [3.63, 3.8) is 0 Å². The topological polar surface area (TPSA) is 78.9 Å². The number of rotatable bonds is 9. The van der Waals surface area contributed by atoms with Crippen molar-refractivity contribution in [3.8, 4) is 0 Å². The van der Waals surface area contributed by atoms with Crippen LogP contribution in [0.1, 0.15) is 20.3 Å². The van der Waals surface area contributed by atoms with E-state index >= 15 is 0 Å². The Kier molecular flexibility index (Phi) is 7.54. The molecule has 0 fully saturated rings. The minimum absolute atomic E-state index is 0.00756. The SMILES string of the molecule is C=C(OCCC)C(OS(C)(=O)=O)[P+](=O)OCC. The molecular weight excluding hydrogens is 267 g/mol. The maximum absolute atomic E-state index is 11.6. The summed E-state index contributed by atoms with van der Waals surface area (Å²) in [7, 11) is -6.10. The van der Waals surface area contributed by atoms with E-state index < -0.39 is 24.0 Å². The molecule has 0 radical (unpaired) electrons. The van der Waals surface area contributed by atoms with Gasteiger partial charge in [-0.25, -0.2) is 4.18 Å². The van der Waals surface area contributed by atoms with Crippen LogP contribution < -0.4 is 0 Å². The second-order valence-corrected chi connectivity index (χ2v) is 6.07. The minimum Gasteiger partial charge on any atom is -0.491 e. The summed E-state index contributed by atoms with van der Waals surface area (Å²) >= 11 is 0. The summed E-state index contributed by atoms with van der Waals surface area (Å²) in [5.74, 6) is -1.31. The molecule has 0 spiro atoms. The summed E-state index contributed by atoms with van der Waals surface area (Å²) in [6.07, 6.45) is 1.58. The van der Waals surface area contributed by atoms with Gasteiger partial charge in [0, 0.05) is 0 Å². The van der Waals surface area contributed by atoms with Crippen molar-refractivity contribution in [2.24, 2.45) is 0 Å². The van der Waals surface area contributed by atoms with E-state index in [1.165, 1.54) is 0 Å². The lowest BCUT2D eigenvalue weighted by Gasteiger charge is -2.10. The van der Waals surface area contributed by atoms with Crippen molar-refractivity contribution in [3.05, 3.63) is 12.3 Å². The van der Waals surface area contributed by atoms with Gasteiger partial charge >= 0.3 is 13.9 Å². The van der Waals surface area contributed by atoms with Crippen molar-refractivity contribution < 1.29 is 26.4 Å². The third-order valence-corrected chi connectivity index (χ3v) is 3.45. The highest BCUT2D eigenvalue weighted by molar-refractivity contribution is 7.86. The first-order valence-electron chi connectivity index (χ1n) is 5.11. The fourth-order valence-electron chi connectivity index (χ4n) is 0.871. The highest BCUT2D eigenvalue weighted by Gasteiger charge is 2.41. The van der Waals surface area contributed by atoms with Gasteiger partial charge in [0.15, 0.2) is 5.76 Å². The lowest BCUT2D eigenvalue weighted by Crippen LogP contribution is -2.18. The van der Waals surface area contributed by atoms with Crippen LogP contribution in [0.15, 0.2) is 12.3 Å². The normalized spacial score (nSPS) is 14.2. The van der Waals surface area contributed by atoms with E-state index in [1.54, 1.807) is 6.92 Å². The molecule has 0 aliphatic carbocycles. The van der Waals surface area contributed by atoms with E-state index in [2.05, 4.69) is 10.8 Å². The molecule has 0 rings (SSSR count). The summed E-state index contributed by atoms with van der Waals surface area (Å²) in [5, 5.41) is 0. The number of hydrogen-bond acceptors (Lipinski definition) is 6. The van der Waals surface area contributed by atoms with Crippen LogP contribution in [0, 0.1) is 0 Å². The van der Waals surface area contributed by atoms with Gasteiger partial charge in [-0.1, -0.05) is 13.5 Å². The van der Waals surface area contributed by atoms with E-state index in [0.717, 1.165) is 12.7 Å². The van der Waals surface area contributed by atoms with Gasteiger partial charge in [-0.3, -0.25) is 0 Å². The van der Waals surface area contributed by atoms with Gasteiger partial charge in [0.2, 0.25) is 0 Å². The Morgan fingerprint density at radius 1 is 1.41 bits per heavy atom. The zero-order chi connectivity index (χ0) is 13.5. The van der Waals surface area contributed by atoms with Crippen molar-refractivity contribution >= 4 is 18.1 Å². The quantitative estimate of drug-likeness (QED) is 0.366. The predicted octanol–water partition coefficient (Wildman–Crippen LogP) is 2.01. The first-order valence-corrected chi connectivity index (χ1v) is 8.17. The van der Waals surface area contributed by atoms with Gasteiger partial charge < -0.3 is 4.74 Å². The van der Waals surface area contributed by atoms with E-state index in [0.29, 0.717) is 6.61 Å². The Labute approximate surface area is 103 Å². The first-order chi connectivity index (χ1) is 7.81.